The van der Waals surface area contributed by atoms with E-state index in [1.807, 2.05) is 62.4 Å². The molecule has 31 heavy (non-hydrogen) atoms. The van der Waals surface area contributed by atoms with Gasteiger partial charge in [0.2, 0.25) is 5.91 Å². The number of carbonyl (C=O) groups is 1. The normalized spacial score (nSPS) is 11.0. The minimum Gasteiger partial charge on any atom is -0.325 e. The molecule has 2 heterocycles. The summed E-state index contributed by atoms with van der Waals surface area (Å²) in [5.41, 5.74) is 1.98. The Labute approximate surface area is 178 Å². The van der Waals surface area contributed by atoms with Crippen LogP contribution in [0.4, 0.5) is 5.69 Å². The van der Waals surface area contributed by atoms with E-state index < -0.39 is 11.2 Å². The molecule has 0 aliphatic heterocycles. The number of aromatic nitrogens is 4. The molecule has 0 spiro atoms. The van der Waals surface area contributed by atoms with Crippen molar-refractivity contribution in [2.75, 3.05) is 5.32 Å². The Kier molecular flexibility index (Phi) is 5.53. The van der Waals surface area contributed by atoms with Crippen LogP contribution >= 0.6 is 0 Å². The van der Waals surface area contributed by atoms with Gasteiger partial charge in [0.1, 0.15) is 6.54 Å². The molecule has 158 valence electrons. The molecule has 0 fully saturated rings. The number of aryl methyl sites for hydroxylation is 2. The second-order valence-corrected chi connectivity index (χ2v) is 7.38. The number of nitrogens with one attached hydrogen (secondary N) is 1. The van der Waals surface area contributed by atoms with Crippen molar-refractivity contribution in [3.05, 3.63) is 92.8 Å². The van der Waals surface area contributed by atoms with Crippen LogP contribution in [-0.2, 0) is 24.4 Å². The fourth-order valence-corrected chi connectivity index (χ4v) is 3.51. The predicted octanol–water partition coefficient (Wildman–Crippen LogP) is 2.38. The predicted molar refractivity (Wildman–Crippen MR) is 119 cm³/mol. The molecule has 8 nitrogen and oxygen atoms in total. The Morgan fingerprint density at radius 2 is 1.81 bits per heavy atom. The van der Waals surface area contributed by atoms with E-state index >= 15 is 0 Å². The first-order chi connectivity index (χ1) is 15.0. The number of rotatable bonds is 6. The van der Waals surface area contributed by atoms with Crippen LogP contribution in [-0.4, -0.2) is 24.8 Å². The first-order valence-corrected chi connectivity index (χ1v) is 10.1. The van der Waals surface area contributed by atoms with Gasteiger partial charge < -0.3 is 5.32 Å². The van der Waals surface area contributed by atoms with Gasteiger partial charge in [-0.25, -0.2) is 4.79 Å². The number of carbonyl (C=O) groups excluding carboxylic acids is 1. The topological polar surface area (TPSA) is 90.9 Å². The number of anilines is 1. The summed E-state index contributed by atoms with van der Waals surface area (Å²) in [7, 11) is 0. The Hall–Kier alpha value is -3.94. The third-order valence-corrected chi connectivity index (χ3v) is 5.05. The van der Waals surface area contributed by atoms with Gasteiger partial charge in [-0.3, -0.25) is 23.4 Å². The average Bonchev–Trinajstić information content (AvgIpc) is 3.20. The van der Waals surface area contributed by atoms with Crippen molar-refractivity contribution in [3.8, 4) is 0 Å². The summed E-state index contributed by atoms with van der Waals surface area (Å²) >= 11 is 0. The number of nitrogens with zero attached hydrogens (tertiary/aromatic N) is 4. The van der Waals surface area contributed by atoms with Gasteiger partial charge in [-0.15, -0.1) is 0 Å². The van der Waals surface area contributed by atoms with Gasteiger partial charge in [0.15, 0.2) is 5.52 Å². The van der Waals surface area contributed by atoms with Crippen molar-refractivity contribution in [1.82, 2.24) is 18.9 Å². The Balaban J connectivity index is 1.77. The lowest BCUT2D eigenvalue weighted by Gasteiger charge is -2.12. The molecule has 0 saturated carbocycles. The SMILES string of the molecule is CCn1cc2c(n1)c(=O)n(Cc1ccccc1)c(=O)n2CC(=O)Nc1cccc(C)c1. The van der Waals surface area contributed by atoms with Gasteiger partial charge in [-0.1, -0.05) is 42.5 Å². The highest BCUT2D eigenvalue weighted by molar-refractivity contribution is 5.91. The zero-order chi connectivity index (χ0) is 22.0. The summed E-state index contributed by atoms with van der Waals surface area (Å²) in [6.45, 7) is 4.24. The number of amides is 1. The van der Waals surface area contributed by atoms with E-state index in [4.69, 9.17) is 0 Å². The van der Waals surface area contributed by atoms with E-state index in [9.17, 15) is 14.4 Å². The van der Waals surface area contributed by atoms with Crippen LogP contribution in [0.15, 0.2) is 70.4 Å². The standard InChI is InChI=1S/C23H23N5O3/c1-3-26-14-19-21(25-26)22(30)28(13-17-9-5-4-6-10-17)23(31)27(19)15-20(29)24-18-11-7-8-16(2)12-18/h4-12,14H,3,13,15H2,1-2H3,(H,24,29). The van der Waals surface area contributed by atoms with Crippen molar-refractivity contribution in [2.45, 2.75) is 33.5 Å². The zero-order valence-electron chi connectivity index (χ0n) is 17.4. The van der Waals surface area contributed by atoms with Crippen molar-refractivity contribution in [1.29, 1.82) is 0 Å². The number of benzene rings is 2. The lowest BCUT2D eigenvalue weighted by molar-refractivity contribution is -0.116. The molecule has 8 heteroatoms. The lowest BCUT2D eigenvalue weighted by Crippen LogP contribution is -2.41. The van der Waals surface area contributed by atoms with Gasteiger partial charge in [0.25, 0.3) is 5.56 Å². The largest absolute Gasteiger partial charge is 0.332 e. The van der Waals surface area contributed by atoms with Crippen LogP contribution in [0.3, 0.4) is 0 Å². The monoisotopic (exact) mass is 417 g/mol. The molecule has 0 unspecified atom stereocenters. The number of hydrogen-bond donors (Lipinski definition) is 1. The Morgan fingerprint density at radius 1 is 1.03 bits per heavy atom. The third kappa shape index (κ3) is 4.18. The molecule has 2 aromatic heterocycles. The molecule has 0 aliphatic rings. The molecule has 4 aromatic rings. The van der Waals surface area contributed by atoms with Crippen LogP contribution < -0.4 is 16.6 Å². The number of hydrogen-bond acceptors (Lipinski definition) is 4. The maximum absolute atomic E-state index is 13.3. The molecule has 1 amide bonds. The summed E-state index contributed by atoms with van der Waals surface area (Å²) in [4.78, 5) is 39.0. The van der Waals surface area contributed by atoms with Crippen molar-refractivity contribution in [3.63, 3.8) is 0 Å². The molecule has 0 saturated heterocycles. The van der Waals surface area contributed by atoms with Gasteiger partial charge in [0, 0.05) is 18.4 Å². The Bertz CT molecular complexity index is 1370. The lowest BCUT2D eigenvalue weighted by atomic mass is 10.2. The first-order valence-electron chi connectivity index (χ1n) is 10.1. The second kappa shape index (κ2) is 8.43. The highest BCUT2D eigenvalue weighted by Crippen LogP contribution is 2.11. The van der Waals surface area contributed by atoms with Gasteiger partial charge >= 0.3 is 5.69 Å². The quantitative estimate of drug-likeness (QED) is 0.521. The molecule has 2 aromatic carbocycles. The van der Waals surface area contributed by atoms with Gasteiger partial charge in [-0.05, 0) is 37.1 Å². The smallest absolute Gasteiger partial charge is 0.325 e. The highest BCUT2D eigenvalue weighted by Gasteiger charge is 2.18. The molecule has 0 radical (unpaired) electrons. The van der Waals surface area contributed by atoms with Gasteiger partial charge in [-0.2, -0.15) is 5.10 Å². The van der Waals surface area contributed by atoms with Crippen molar-refractivity contribution >= 4 is 22.6 Å². The maximum atomic E-state index is 13.3. The van der Waals surface area contributed by atoms with Crippen molar-refractivity contribution < 1.29 is 4.79 Å². The minimum absolute atomic E-state index is 0.104. The maximum Gasteiger partial charge on any atom is 0.332 e. The fourth-order valence-electron chi connectivity index (χ4n) is 3.51. The third-order valence-electron chi connectivity index (χ3n) is 5.05. The van der Waals surface area contributed by atoms with E-state index in [1.54, 1.807) is 16.9 Å². The molecule has 0 aliphatic carbocycles. The van der Waals surface area contributed by atoms with Gasteiger partial charge in [0.05, 0.1) is 12.1 Å². The second-order valence-electron chi connectivity index (χ2n) is 7.38. The molecule has 0 bridgehead atoms. The summed E-state index contributed by atoms with van der Waals surface area (Å²) in [6, 6.07) is 16.7. The highest BCUT2D eigenvalue weighted by atomic mass is 16.2. The summed E-state index contributed by atoms with van der Waals surface area (Å²) in [5, 5.41) is 7.14. The first kappa shape index (κ1) is 20.3. The van der Waals surface area contributed by atoms with Crippen molar-refractivity contribution in [2.24, 2.45) is 0 Å². The van der Waals surface area contributed by atoms with E-state index in [2.05, 4.69) is 10.4 Å². The Morgan fingerprint density at radius 3 is 2.52 bits per heavy atom. The van der Waals surface area contributed by atoms with E-state index in [-0.39, 0.29) is 24.5 Å². The molecular weight excluding hydrogens is 394 g/mol. The average molecular weight is 417 g/mol. The molecule has 1 N–H and O–H groups in total. The molecular formula is C23H23N5O3. The number of fused-ring (bicyclic) bond motifs is 1. The summed E-state index contributed by atoms with van der Waals surface area (Å²) in [5.74, 6) is -0.358. The van der Waals surface area contributed by atoms with Crippen LogP contribution in [0.25, 0.3) is 11.0 Å². The summed E-state index contributed by atoms with van der Waals surface area (Å²) < 4.78 is 4.03. The minimum atomic E-state index is -0.545. The van der Waals surface area contributed by atoms with E-state index in [0.717, 1.165) is 15.7 Å². The van der Waals surface area contributed by atoms with Crippen LogP contribution in [0.5, 0.6) is 0 Å². The summed E-state index contributed by atoms with van der Waals surface area (Å²) in [6.07, 6.45) is 1.63. The zero-order valence-corrected chi connectivity index (χ0v) is 17.4. The van der Waals surface area contributed by atoms with E-state index in [1.165, 1.54) is 4.57 Å². The fraction of sp³-hybridized carbons (Fsp3) is 0.217. The van der Waals surface area contributed by atoms with Crippen LogP contribution in [0.2, 0.25) is 0 Å². The molecule has 0 atom stereocenters. The van der Waals surface area contributed by atoms with Crippen LogP contribution in [0, 0.1) is 6.92 Å². The van der Waals surface area contributed by atoms with Crippen LogP contribution in [0.1, 0.15) is 18.1 Å². The van der Waals surface area contributed by atoms with E-state index in [0.29, 0.717) is 17.7 Å². The molecule has 4 rings (SSSR count).